The number of nitrogens with one attached hydrogen (secondary N) is 1. The molecular formula is C16H15NO3. The minimum absolute atomic E-state index is 0.0565. The highest BCUT2D eigenvalue weighted by Gasteiger charge is 2.08. The van der Waals surface area contributed by atoms with Crippen LogP contribution in [0.2, 0.25) is 0 Å². The molecule has 0 aliphatic heterocycles. The molecule has 0 fully saturated rings. The molecule has 0 radical (unpaired) electrons. The molecule has 0 atom stereocenters. The molecule has 1 N–H and O–H groups in total. The Morgan fingerprint density at radius 3 is 2.25 bits per heavy atom. The highest BCUT2D eigenvalue weighted by Crippen LogP contribution is 2.14. The van der Waals surface area contributed by atoms with Crippen molar-refractivity contribution in [3.63, 3.8) is 0 Å². The molecule has 0 aliphatic carbocycles. The van der Waals surface area contributed by atoms with Crippen molar-refractivity contribution in [2.75, 3.05) is 7.05 Å². The normalized spacial score (nSPS) is 9.85. The van der Waals surface area contributed by atoms with Crippen LogP contribution >= 0.6 is 0 Å². The van der Waals surface area contributed by atoms with E-state index in [2.05, 4.69) is 5.32 Å². The second-order valence-corrected chi connectivity index (χ2v) is 4.25. The third-order valence-corrected chi connectivity index (χ3v) is 2.79. The molecule has 4 nitrogen and oxygen atoms in total. The number of rotatable bonds is 4. The second kappa shape index (κ2) is 6.52. The summed E-state index contributed by atoms with van der Waals surface area (Å²) in [6.45, 7) is 0. The Morgan fingerprint density at radius 2 is 1.65 bits per heavy atom. The Morgan fingerprint density at radius 1 is 1.00 bits per heavy atom. The minimum Gasteiger partial charge on any atom is -0.423 e. The van der Waals surface area contributed by atoms with Gasteiger partial charge in [-0.15, -0.1) is 0 Å². The van der Waals surface area contributed by atoms with Gasteiger partial charge in [0.15, 0.2) is 0 Å². The molecule has 4 heteroatoms. The van der Waals surface area contributed by atoms with E-state index in [4.69, 9.17) is 4.74 Å². The van der Waals surface area contributed by atoms with Crippen molar-refractivity contribution in [1.82, 2.24) is 5.32 Å². The van der Waals surface area contributed by atoms with Gasteiger partial charge in [0.1, 0.15) is 5.75 Å². The number of esters is 1. The molecule has 0 bridgehead atoms. The van der Waals surface area contributed by atoms with Crippen molar-refractivity contribution in [3.05, 3.63) is 65.7 Å². The molecule has 0 aromatic heterocycles. The summed E-state index contributed by atoms with van der Waals surface area (Å²) in [5, 5.41) is 2.56. The van der Waals surface area contributed by atoms with Gasteiger partial charge in [0, 0.05) is 7.05 Å². The molecule has 0 heterocycles. The van der Waals surface area contributed by atoms with Gasteiger partial charge in [-0.05, 0) is 29.8 Å². The van der Waals surface area contributed by atoms with Crippen LogP contribution in [0.25, 0.3) is 0 Å². The quantitative estimate of drug-likeness (QED) is 0.684. The number of likely N-dealkylation sites (N-methyl/N-ethyl adjacent to an activating group) is 1. The maximum absolute atomic E-state index is 11.8. The molecule has 1 amide bonds. The highest BCUT2D eigenvalue weighted by molar-refractivity contribution is 5.90. The smallest absolute Gasteiger partial charge is 0.343 e. The highest BCUT2D eigenvalue weighted by atomic mass is 16.5. The van der Waals surface area contributed by atoms with Crippen LogP contribution in [-0.4, -0.2) is 18.9 Å². The van der Waals surface area contributed by atoms with Gasteiger partial charge in [0.05, 0.1) is 12.0 Å². The lowest BCUT2D eigenvalue weighted by Crippen LogP contribution is -2.19. The monoisotopic (exact) mass is 269 g/mol. The third kappa shape index (κ3) is 3.68. The van der Waals surface area contributed by atoms with Crippen molar-refractivity contribution in [2.45, 2.75) is 6.42 Å². The Balaban J connectivity index is 2.00. The topological polar surface area (TPSA) is 55.4 Å². The SMILES string of the molecule is CNC(=O)Cc1ccc(OC(=O)c2ccccc2)cc1. The van der Waals surface area contributed by atoms with Crippen molar-refractivity contribution in [1.29, 1.82) is 0 Å². The molecule has 0 unspecified atom stereocenters. The molecule has 0 saturated carbocycles. The van der Waals surface area contributed by atoms with Gasteiger partial charge in [-0.3, -0.25) is 4.79 Å². The number of ether oxygens (including phenoxy) is 1. The molecule has 0 aliphatic rings. The van der Waals surface area contributed by atoms with E-state index < -0.39 is 5.97 Å². The summed E-state index contributed by atoms with van der Waals surface area (Å²) in [5.41, 5.74) is 1.37. The molecule has 0 saturated heterocycles. The van der Waals surface area contributed by atoms with Crippen LogP contribution < -0.4 is 10.1 Å². The molecule has 2 rings (SSSR count). The maximum atomic E-state index is 11.8. The number of carbonyl (C=O) groups is 2. The predicted molar refractivity (Wildman–Crippen MR) is 75.6 cm³/mol. The van der Waals surface area contributed by atoms with E-state index in [0.29, 0.717) is 17.7 Å². The summed E-state index contributed by atoms with van der Waals surface area (Å²) in [4.78, 5) is 23.1. The lowest BCUT2D eigenvalue weighted by atomic mass is 10.1. The van der Waals surface area contributed by atoms with E-state index in [9.17, 15) is 9.59 Å². The second-order valence-electron chi connectivity index (χ2n) is 4.25. The molecule has 20 heavy (non-hydrogen) atoms. The largest absolute Gasteiger partial charge is 0.423 e. The lowest BCUT2D eigenvalue weighted by Gasteiger charge is -2.05. The van der Waals surface area contributed by atoms with Crippen molar-refractivity contribution in [2.24, 2.45) is 0 Å². The van der Waals surface area contributed by atoms with E-state index in [1.807, 2.05) is 6.07 Å². The van der Waals surface area contributed by atoms with Crippen molar-refractivity contribution in [3.8, 4) is 5.75 Å². The fraction of sp³-hybridized carbons (Fsp3) is 0.125. The first-order valence-corrected chi connectivity index (χ1v) is 6.26. The van der Waals surface area contributed by atoms with Crippen LogP contribution in [0.4, 0.5) is 0 Å². The number of hydrogen-bond acceptors (Lipinski definition) is 3. The van der Waals surface area contributed by atoms with E-state index in [-0.39, 0.29) is 5.91 Å². The van der Waals surface area contributed by atoms with Crippen LogP contribution in [0, 0.1) is 0 Å². The van der Waals surface area contributed by atoms with Gasteiger partial charge in [-0.2, -0.15) is 0 Å². The first-order chi connectivity index (χ1) is 9.69. The lowest BCUT2D eigenvalue weighted by molar-refractivity contribution is -0.119. The zero-order valence-corrected chi connectivity index (χ0v) is 11.1. The van der Waals surface area contributed by atoms with Crippen LogP contribution in [-0.2, 0) is 11.2 Å². The number of benzene rings is 2. The van der Waals surface area contributed by atoms with E-state index in [1.54, 1.807) is 55.6 Å². The van der Waals surface area contributed by atoms with Gasteiger partial charge in [-0.1, -0.05) is 30.3 Å². The first-order valence-electron chi connectivity index (χ1n) is 6.26. The van der Waals surface area contributed by atoms with Crippen LogP contribution in [0.15, 0.2) is 54.6 Å². The third-order valence-electron chi connectivity index (χ3n) is 2.79. The van der Waals surface area contributed by atoms with Crippen molar-refractivity contribution >= 4 is 11.9 Å². The zero-order valence-electron chi connectivity index (χ0n) is 11.1. The van der Waals surface area contributed by atoms with Gasteiger partial charge >= 0.3 is 5.97 Å². The van der Waals surface area contributed by atoms with Gasteiger partial charge in [0.2, 0.25) is 5.91 Å². The summed E-state index contributed by atoms with van der Waals surface area (Å²) in [7, 11) is 1.60. The van der Waals surface area contributed by atoms with Crippen molar-refractivity contribution < 1.29 is 14.3 Å². The Bertz CT molecular complexity index is 591. The molecule has 0 spiro atoms. The first kappa shape index (κ1) is 13.8. The number of hydrogen-bond donors (Lipinski definition) is 1. The van der Waals surface area contributed by atoms with Crippen LogP contribution in [0.1, 0.15) is 15.9 Å². The standard InChI is InChI=1S/C16H15NO3/c1-17-15(18)11-12-7-9-14(10-8-12)20-16(19)13-5-3-2-4-6-13/h2-10H,11H2,1H3,(H,17,18). The Labute approximate surface area is 117 Å². The summed E-state index contributed by atoms with van der Waals surface area (Å²) in [6, 6.07) is 15.7. The Kier molecular flexibility index (Phi) is 4.50. The van der Waals surface area contributed by atoms with E-state index in [0.717, 1.165) is 5.56 Å². The molecule has 2 aromatic rings. The Hall–Kier alpha value is -2.62. The summed E-state index contributed by atoms with van der Waals surface area (Å²) in [5.74, 6) is 0.00295. The summed E-state index contributed by atoms with van der Waals surface area (Å²) >= 11 is 0. The minimum atomic E-state index is -0.398. The van der Waals surface area contributed by atoms with Gasteiger partial charge in [0.25, 0.3) is 0 Å². The molecule has 102 valence electrons. The fourth-order valence-corrected chi connectivity index (χ4v) is 1.69. The average Bonchev–Trinajstić information content (AvgIpc) is 2.50. The van der Waals surface area contributed by atoms with Gasteiger partial charge in [-0.25, -0.2) is 4.79 Å². The fourth-order valence-electron chi connectivity index (χ4n) is 1.69. The molecule has 2 aromatic carbocycles. The van der Waals surface area contributed by atoms with Crippen LogP contribution in [0.3, 0.4) is 0 Å². The molecular weight excluding hydrogens is 254 g/mol. The average molecular weight is 269 g/mol. The summed E-state index contributed by atoms with van der Waals surface area (Å²) < 4.78 is 5.25. The van der Waals surface area contributed by atoms with Gasteiger partial charge < -0.3 is 10.1 Å². The predicted octanol–water partition coefficient (Wildman–Crippen LogP) is 2.19. The number of amides is 1. The zero-order chi connectivity index (χ0) is 14.4. The number of carbonyl (C=O) groups excluding carboxylic acids is 2. The van der Waals surface area contributed by atoms with E-state index >= 15 is 0 Å². The maximum Gasteiger partial charge on any atom is 0.343 e. The summed E-state index contributed by atoms with van der Waals surface area (Å²) in [6.07, 6.45) is 0.309. The van der Waals surface area contributed by atoms with E-state index in [1.165, 1.54) is 0 Å². The van der Waals surface area contributed by atoms with Crippen LogP contribution in [0.5, 0.6) is 5.75 Å².